The standard InChI is InChI=1S/C29H46O3/c1-7-19(17(2)3)14-26(31)18(4)22-8-9-23-21-16-27(32)25-15-20(30)10-12-29(25,6)24(21)11-13-28(22,23)5/h17-19,21-25H,7-16H2,1-6H3/t18-,19+,21-,22+,23-,24-,25?,28+,29+/m0/s1. The predicted molar refractivity (Wildman–Crippen MR) is 128 cm³/mol. The van der Waals surface area contributed by atoms with Crippen molar-refractivity contribution in [2.24, 2.45) is 58.2 Å². The molecule has 180 valence electrons. The first-order valence-electron chi connectivity index (χ1n) is 13.6. The van der Waals surface area contributed by atoms with Gasteiger partial charge in [-0.3, -0.25) is 14.4 Å². The van der Waals surface area contributed by atoms with Crippen molar-refractivity contribution >= 4 is 17.3 Å². The molecule has 0 aliphatic heterocycles. The van der Waals surface area contributed by atoms with Crippen LogP contribution in [0.25, 0.3) is 0 Å². The topological polar surface area (TPSA) is 51.2 Å². The van der Waals surface area contributed by atoms with Gasteiger partial charge in [0.1, 0.15) is 17.3 Å². The molecule has 0 aromatic carbocycles. The van der Waals surface area contributed by atoms with E-state index in [1.165, 1.54) is 19.3 Å². The van der Waals surface area contributed by atoms with Crippen molar-refractivity contribution in [1.29, 1.82) is 0 Å². The number of fused-ring (bicyclic) bond motifs is 5. The highest BCUT2D eigenvalue weighted by molar-refractivity contribution is 5.90. The summed E-state index contributed by atoms with van der Waals surface area (Å²) in [7, 11) is 0. The van der Waals surface area contributed by atoms with Crippen LogP contribution in [0.3, 0.4) is 0 Å². The Morgan fingerprint density at radius 1 is 0.969 bits per heavy atom. The number of hydrogen-bond donors (Lipinski definition) is 0. The molecule has 0 aromatic rings. The Bertz CT molecular complexity index is 768. The summed E-state index contributed by atoms with van der Waals surface area (Å²) in [6, 6.07) is 0. The maximum Gasteiger partial charge on any atom is 0.137 e. The van der Waals surface area contributed by atoms with Gasteiger partial charge in [-0.25, -0.2) is 0 Å². The van der Waals surface area contributed by atoms with Crippen LogP contribution in [0.5, 0.6) is 0 Å². The fraction of sp³-hybridized carbons (Fsp3) is 0.897. The zero-order valence-corrected chi connectivity index (χ0v) is 21.4. The second kappa shape index (κ2) is 8.66. The molecule has 0 radical (unpaired) electrons. The van der Waals surface area contributed by atoms with E-state index in [4.69, 9.17) is 0 Å². The van der Waals surface area contributed by atoms with Crippen molar-refractivity contribution in [3.63, 3.8) is 0 Å². The molecule has 4 fully saturated rings. The number of Topliss-reactive ketones (excluding diaryl/α,β-unsaturated/α-hetero) is 3. The number of hydrogen-bond acceptors (Lipinski definition) is 3. The van der Waals surface area contributed by atoms with Crippen LogP contribution in [0.15, 0.2) is 0 Å². The predicted octanol–water partition coefficient (Wildman–Crippen LogP) is 6.67. The van der Waals surface area contributed by atoms with E-state index in [0.717, 1.165) is 25.7 Å². The van der Waals surface area contributed by atoms with Gasteiger partial charge in [-0.1, -0.05) is 48.0 Å². The van der Waals surface area contributed by atoms with Crippen LogP contribution < -0.4 is 0 Å². The second-order valence-electron chi connectivity index (χ2n) is 12.9. The Kier molecular flexibility index (Phi) is 6.53. The summed E-state index contributed by atoms with van der Waals surface area (Å²) < 4.78 is 0. The SMILES string of the molecule is CC[C@H](CC(=O)[C@@H](C)[C@H]1CC[C@H]2[C@@H]3CC(=O)C4CC(=O)CC[C@]4(C)[C@H]3CC[C@]12C)C(C)C. The van der Waals surface area contributed by atoms with Gasteiger partial charge in [0, 0.05) is 37.5 Å². The van der Waals surface area contributed by atoms with E-state index in [-0.39, 0.29) is 22.7 Å². The van der Waals surface area contributed by atoms with Crippen LogP contribution in [0.1, 0.15) is 106 Å². The molecule has 3 heteroatoms. The molecule has 0 bridgehead atoms. The quantitative estimate of drug-likeness (QED) is 0.461. The molecule has 1 unspecified atom stereocenters. The summed E-state index contributed by atoms with van der Waals surface area (Å²) in [5.74, 6) is 4.33. The van der Waals surface area contributed by atoms with Crippen LogP contribution in [-0.2, 0) is 14.4 Å². The largest absolute Gasteiger partial charge is 0.300 e. The smallest absolute Gasteiger partial charge is 0.137 e. The third-order valence-electron chi connectivity index (χ3n) is 11.4. The molecule has 4 aliphatic carbocycles. The van der Waals surface area contributed by atoms with Crippen molar-refractivity contribution < 1.29 is 14.4 Å². The normalized spacial score (nSPS) is 43.4. The fourth-order valence-corrected chi connectivity index (χ4v) is 9.22. The highest BCUT2D eigenvalue weighted by atomic mass is 16.1. The van der Waals surface area contributed by atoms with E-state index in [1.807, 2.05) is 0 Å². The molecule has 0 amide bonds. The minimum Gasteiger partial charge on any atom is -0.300 e. The second-order valence-corrected chi connectivity index (χ2v) is 12.9. The monoisotopic (exact) mass is 442 g/mol. The van der Waals surface area contributed by atoms with Crippen molar-refractivity contribution in [1.82, 2.24) is 0 Å². The fourth-order valence-electron chi connectivity index (χ4n) is 9.22. The van der Waals surface area contributed by atoms with Crippen molar-refractivity contribution in [2.75, 3.05) is 0 Å². The first kappa shape index (κ1) is 24.1. The Hall–Kier alpha value is -0.990. The van der Waals surface area contributed by atoms with Gasteiger partial charge in [-0.15, -0.1) is 0 Å². The minimum atomic E-state index is -0.0333. The average Bonchev–Trinajstić information content (AvgIpc) is 3.09. The lowest BCUT2D eigenvalue weighted by molar-refractivity contribution is -0.159. The van der Waals surface area contributed by atoms with E-state index >= 15 is 0 Å². The number of carbonyl (C=O) groups excluding carboxylic acids is 3. The Balaban J connectivity index is 1.53. The molecule has 32 heavy (non-hydrogen) atoms. The van der Waals surface area contributed by atoms with Gasteiger partial charge in [0.05, 0.1) is 0 Å². The van der Waals surface area contributed by atoms with Gasteiger partial charge in [-0.2, -0.15) is 0 Å². The summed E-state index contributed by atoms with van der Waals surface area (Å²) in [5.41, 5.74) is 0.199. The summed E-state index contributed by atoms with van der Waals surface area (Å²) in [6.45, 7) is 13.7. The number of ketones is 3. The molecule has 4 saturated carbocycles. The lowest BCUT2D eigenvalue weighted by atomic mass is 9.44. The highest BCUT2D eigenvalue weighted by Gasteiger charge is 2.62. The molecule has 9 atom stereocenters. The van der Waals surface area contributed by atoms with Crippen LogP contribution in [0.2, 0.25) is 0 Å². The third kappa shape index (κ3) is 3.74. The molecule has 0 spiro atoms. The van der Waals surface area contributed by atoms with Crippen molar-refractivity contribution in [3.8, 4) is 0 Å². The molecule has 0 heterocycles. The summed E-state index contributed by atoms with van der Waals surface area (Å²) in [5, 5.41) is 0. The Morgan fingerprint density at radius 3 is 2.31 bits per heavy atom. The van der Waals surface area contributed by atoms with Gasteiger partial charge in [0.25, 0.3) is 0 Å². The lowest BCUT2D eigenvalue weighted by Crippen LogP contribution is -2.57. The van der Waals surface area contributed by atoms with E-state index in [9.17, 15) is 14.4 Å². The molecule has 0 N–H and O–H groups in total. The van der Waals surface area contributed by atoms with Gasteiger partial charge >= 0.3 is 0 Å². The van der Waals surface area contributed by atoms with Gasteiger partial charge in [0.2, 0.25) is 0 Å². The average molecular weight is 443 g/mol. The Morgan fingerprint density at radius 2 is 1.66 bits per heavy atom. The highest BCUT2D eigenvalue weighted by Crippen LogP contribution is 2.67. The first-order chi connectivity index (χ1) is 15.0. The van der Waals surface area contributed by atoms with Gasteiger partial charge in [-0.05, 0) is 78.4 Å². The van der Waals surface area contributed by atoms with Crippen molar-refractivity contribution in [2.45, 2.75) is 106 Å². The van der Waals surface area contributed by atoms with E-state index in [2.05, 4.69) is 41.5 Å². The lowest BCUT2D eigenvalue weighted by Gasteiger charge is -2.59. The molecule has 0 saturated heterocycles. The summed E-state index contributed by atoms with van der Waals surface area (Å²) in [6.07, 6.45) is 9.21. The first-order valence-corrected chi connectivity index (χ1v) is 13.6. The van der Waals surface area contributed by atoms with Crippen LogP contribution >= 0.6 is 0 Å². The summed E-state index contributed by atoms with van der Waals surface area (Å²) in [4.78, 5) is 38.7. The van der Waals surface area contributed by atoms with Crippen molar-refractivity contribution in [3.05, 3.63) is 0 Å². The van der Waals surface area contributed by atoms with Gasteiger partial charge in [0.15, 0.2) is 0 Å². The molecule has 4 rings (SSSR count). The third-order valence-corrected chi connectivity index (χ3v) is 11.4. The summed E-state index contributed by atoms with van der Waals surface area (Å²) >= 11 is 0. The molecule has 4 aliphatic rings. The van der Waals surface area contributed by atoms with E-state index in [1.54, 1.807) is 0 Å². The maximum absolute atomic E-state index is 13.3. The van der Waals surface area contributed by atoms with E-state index < -0.39 is 0 Å². The number of carbonyl (C=O) groups is 3. The molecule has 3 nitrogen and oxygen atoms in total. The zero-order chi connectivity index (χ0) is 23.4. The van der Waals surface area contributed by atoms with E-state index in [0.29, 0.717) is 72.1 Å². The van der Waals surface area contributed by atoms with Crippen LogP contribution in [-0.4, -0.2) is 17.3 Å². The van der Waals surface area contributed by atoms with Gasteiger partial charge < -0.3 is 0 Å². The Labute approximate surface area is 195 Å². The molecular formula is C29H46O3. The zero-order valence-electron chi connectivity index (χ0n) is 21.4. The molecule has 0 aromatic heterocycles. The minimum absolute atomic E-state index is 0.0143. The van der Waals surface area contributed by atoms with Crippen LogP contribution in [0.4, 0.5) is 0 Å². The maximum atomic E-state index is 13.3. The molecular weight excluding hydrogens is 396 g/mol. The number of rotatable bonds is 6. The van der Waals surface area contributed by atoms with Crippen LogP contribution in [0, 0.1) is 58.2 Å².